The Morgan fingerprint density at radius 2 is 1.58 bits per heavy atom. The van der Waals surface area contributed by atoms with E-state index in [0.29, 0.717) is 28.9 Å². The van der Waals surface area contributed by atoms with Gasteiger partial charge in [0.05, 0.1) is 11.5 Å². The molecule has 45 heavy (non-hydrogen) atoms. The number of amidine groups is 1. The zero-order valence-electron chi connectivity index (χ0n) is 27.3. The van der Waals surface area contributed by atoms with E-state index in [1.807, 2.05) is 60.6 Å². The molecule has 1 unspecified atom stereocenters. The first-order valence-corrected chi connectivity index (χ1v) is 16.6. The maximum absolute atomic E-state index is 14.1. The van der Waals surface area contributed by atoms with Crippen molar-refractivity contribution in [2.24, 2.45) is 16.6 Å². The minimum Gasteiger partial charge on any atom is -0.479 e. The van der Waals surface area contributed by atoms with Crippen LogP contribution in [0.3, 0.4) is 0 Å². The molecule has 1 aliphatic heterocycles. The second kappa shape index (κ2) is 16.1. The number of carboxylic acid groups (broad SMARTS) is 1. The number of benzene rings is 2. The third kappa shape index (κ3) is 8.95. The van der Waals surface area contributed by atoms with Crippen LogP contribution >= 0.6 is 0 Å². The molecule has 0 aliphatic carbocycles. The third-order valence-electron chi connectivity index (χ3n) is 7.63. The number of nitrogens with zero attached hydrogens (tertiary/aromatic N) is 2. The number of carbonyl (C=O) groups is 2. The molecule has 12 nitrogen and oxygen atoms in total. The summed E-state index contributed by atoms with van der Waals surface area (Å²) in [6.07, 6.45) is -0.688. The molecule has 0 radical (unpaired) electrons. The largest absolute Gasteiger partial charge is 0.479 e. The normalized spacial score (nSPS) is 15.4. The number of ether oxygens (including phenoxy) is 1. The number of amides is 1. The number of nitrogens with one attached hydrogen (secondary N) is 1. The van der Waals surface area contributed by atoms with Gasteiger partial charge in [0.15, 0.2) is 5.84 Å². The van der Waals surface area contributed by atoms with Crippen LogP contribution in [0.25, 0.3) is 0 Å². The number of sulfone groups is 1. The van der Waals surface area contributed by atoms with Crippen molar-refractivity contribution in [3.05, 3.63) is 64.2 Å². The van der Waals surface area contributed by atoms with Crippen LogP contribution in [0.2, 0.25) is 0 Å². The van der Waals surface area contributed by atoms with Crippen LogP contribution in [0, 0.1) is 0 Å². The van der Waals surface area contributed by atoms with Gasteiger partial charge in [0.25, 0.3) is 0 Å². The highest BCUT2D eigenvalue weighted by molar-refractivity contribution is 7.93. The lowest BCUT2D eigenvalue weighted by Crippen LogP contribution is -2.56. The van der Waals surface area contributed by atoms with E-state index in [1.54, 1.807) is 23.1 Å². The zero-order chi connectivity index (χ0) is 34.1. The fourth-order valence-corrected chi connectivity index (χ4v) is 7.09. The predicted octanol–water partition coefficient (Wildman–Crippen LogP) is 3.96. The number of hydrogen-bond donors (Lipinski definition) is 5. The van der Waals surface area contributed by atoms with Crippen molar-refractivity contribution in [3.63, 3.8) is 0 Å². The van der Waals surface area contributed by atoms with Gasteiger partial charge < -0.3 is 36.7 Å². The van der Waals surface area contributed by atoms with E-state index in [0.717, 1.165) is 31.7 Å². The van der Waals surface area contributed by atoms with Crippen LogP contribution < -0.4 is 16.8 Å². The highest BCUT2D eigenvalue weighted by atomic mass is 32.2. The molecule has 3 rings (SSSR count). The van der Waals surface area contributed by atoms with E-state index in [4.69, 9.17) is 21.4 Å². The van der Waals surface area contributed by atoms with Gasteiger partial charge in [-0.05, 0) is 53.0 Å². The number of nitrogens with two attached hydrogens (primary N) is 2. The van der Waals surface area contributed by atoms with Gasteiger partial charge >= 0.3 is 12.1 Å². The summed E-state index contributed by atoms with van der Waals surface area (Å²) in [5.74, 6) is -2.03. The molecule has 0 aromatic heterocycles. The summed E-state index contributed by atoms with van der Waals surface area (Å²) in [5.41, 5.74) is 14.7. The Bertz CT molecular complexity index is 1440. The minimum atomic E-state index is -4.56. The molecule has 0 saturated carbocycles. The summed E-state index contributed by atoms with van der Waals surface area (Å²) in [6, 6.07) is 9.83. The second-order valence-electron chi connectivity index (χ2n) is 12.0. The second-order valence-corrected chi connectivity index (χ2v) is 14.1. The van der Waals surface area contributed by atoms with E-state index >= 15 is 0 Å². The molecule has 1 atom stereocenters. The van der Waals surface area contributed by atoms with E-state index < -0.39 is 27.1 Å². The Morgan fingerprint density at radius 3 is 2.02 bits per heavy atom. The van der Waals surface area contributed by atoms with Crippen LogP contribution in [-0.4, -0.2) is 79.2 Å². The van der Waals surface area contributed by atoms with Crippen molar-refractivity contribution in [2.45, 2.75) is 82.4 Å². The van der Waals surface area contributed by atoms with Gasteiger partial charge in [0.1, 0.15) is 0 Å². The van der Waals surface area contributed by atoms with Gasteiger partial charge in [-0.2, -0.15) is 0 Å². The minimum absolute atomic E-state index is 0.0145. The monoisotopic (exact) mass is 647 g/mol. The molecule has 2 aromatic rings. The van der Waals surface area contributed by atoms with Gasteiger partial charge in [-0.1, -0.05) is 77.0 Å². The Hall–Kier alpha value is -3.68. The predicted molar refractivity (Wildman–Crippen MR) is 175 cm³/mol. The van der Waals surface area contributed by atoms with Gasteiger partial charge in [-0.15, -0.1) is 0 Å². The van der Waals surface area contributed by atoms with Crippen molar-refractivity contribution in [2.75, 3.05) is 32.8 Å². The standard InChI is InChI=1S/C25H35N3O5S.C7H14N2O2/c1-14(2)19-11-20(15(3)4)22(21(12-19)16(5)6)34(32,33)25(27,24(29)30)13-17-8-7-9-18(10-17)23(26)28-31;1-2-11-7(10)9-5-3-8-4-6-9/h7-12,14-16,31H,13,27H2,1-6H3,(H2,26,28)(H,29,30);8H,2-6H2,1H3. The van der Waals surface area contributed by atoms with Gasteiger partial charge in [0, 0.05) is 38.2 Å². The van der Waals surface area contributed by atoms with Gasteiger partial charge in [0.2, 0.25) is 14.7 Å². The van der Waals surface area contributed by atoms with E-state index in [-0.39, 0.29) is 34.6 Å². The summed E-state index contributed by atoms with van der Waals surface area (Å²) in [7, 11) is -4.56. The third-order valence-corrected chi connectivity index (χ3v) is 9.92. The maximum atomic E-state index is 14.1. The Morgan fingerprint density at radius 1 is 1.02 bits per heavy atom. The van der Waals surface area contributed by atoms with Crippen LogP contribution in [-0.2, 0) is 25.8 Å². The molecule has 13 heteroatoms. The van der Waals surface area contributed by atoms with Crippen molar-refractivity contribution in [1.29, 1.82) is 0 Å². The smallest absolute Gasteiger partial charge is 0.409 e. The highest BCUT2D eigenvalue weighted by Gasteiger charge is 2.50. The topological polar surface area (TPSA) is 198 Å². The first-order valence-electron chi connectivity index (χ1n) is 15.2. The Kier molecular flexibility index (Phi) is 13.4. The number of rotatable bonds is 10. The van der Waals surface area contributed by atoms with Crippen molar-refractivity contribution in [3.8, 4) is 0 Å². The SMILES string of the molecule is CC(C)c1cc(C(C)C)c(S(=O)(=O)C(N)(Cc2cccc(C(N)=NO)c2)C(=O)O)c(C(C)C)c1.CCOC(=O)N1CCNCC1. The van der Waals surface area contributed by atoms with Crippen LogP contribution in [0.4, 0.5) is 4.79 Å². The van der Waals surface area contributed by atoms with E-state index in [9.17, 15) is 23.1 Å². The Balaban J connectivity index is 0.000000537. The first-order chi connectivity index (χ1) is 21.0. The van der Waals surface area contributed by atoms with Gasteiger partial charge in [-0.25, -0.2) is 18.0 Å². The number of hydrogen-bond acceptors (Lipinski definition) is 9. The van der Waals surface area contributed by atoms with Crippen molar-refractivity contribution < 1.29 is 33.1 Å². The molecule has 0 spiro atoms. The van der Waals surface area contributed by atoms with Crippen LogP contribution in [0.5, 0.6) is 0 Å². The number of carboxylic acids is 1. The molecular weight excluding hydrogens is 598 g/mol. The molecule has 0 bridgehead atoms. The average Bonchev–Trinajstić information content (AvgIpc) is 3.00. The molecule has 1 fully saturated rings. The average molecular weight is 648 g/mol. The molecule has 1 aliphatic rings. The summed E-state index contributed by atoms with van der Waals surface area (Å²) in [5, 5.41) is 25.2. The number of oxime groups is 1. The van der Waals surface area contributed by atoms with Crippen LogP contribution in [0.1, 0.15) is 94.0 Å². The number of carbonyl (C=O) groups excluding carboxylic acids is 1. The number of piperazine rings is 1. The summed E-state index contributed by atoms with van der Waals surface area (Å²) in [6.45, 7) is 17.1. The fourth-order valence-electron chi connectivity index (χ4n) is 4.93. The van der Waals surface area contributed by atoms with Crippen LogP contribution in [0.15, 0.2) is 46.4 Å². The van der Waals surface area contributed by atoms with Crippen molar-refractivity contribution in [1.82, 2.24) is 10.2 Å². The highest BCUT2D eigenvalue weighted by Crippen LogP contribution is 2.39. The molecule has 1 heterocycles. The summed E-state index contributed by atoms with van der Waals surface area (Å²) in [4.78, 5) is 22.6. The van der Waals surface area contributed by atoms with E-state index in [2.05, 4.69) is 10.5 Å². The lowest BCUT2D eigenvalue weighted by molar-refractivity contribution is -0.140. The molecular formula is C32H49N5O7S. The molecule has 250 valence electrons. The summed E-state index contributed by atoms with van der Waals surface area (Å²) >= 11 is 0. The van der Waals surface area contributed by atoms with E-state index in [1.165, 1.54) is 6.07 Å². The molecule has 2 aromatic carbocycles. The fraction of sp³-hybridized carbons (Fsp3) is 0.531. The summed E-state index contributed by atoms with van der Waals surface area (Å²) < 4.78 is 33.1. The Labute approximate surface area is 266 Å². The lowest BCUT2D eigenvalue weighted by atomic mass is 9.89. The number of aliphatic carboxylic acids is 1. The van der Waals surface area contributed by atoms with Crippen molar-refractivity contribution >= 4 is 27.7 Å². The molecule has 7 N–H and O–H groups in total. The molecule has 1 amide bonds. The maximum Gasteiger partial charge on any atom is 0.409 e. The van der Waals surface area contributed by atoms with Gasteiger partial charge in [-0.3, -0.25) is 0 Å². The molecule has 1 saturated heterocycles. The zero-order valence-corrected chi connectivity index (χ0v) is 28.1. The lowest BCUT2D eigenvalue weighted by Gasteiger charge is -2.30. The first kappa shape index (κ1) is 37.5. The quantitative estimate of drug-likeness (QED) is 0.109.